The Hall–Kier alpha value is 0.607. The highest BCUT2D eigenvalue weighted by Gasteiger charge is 2.39. The Morgan fingerprint density at radius 3 is 2.17 bits per heavy atom. The molecule has 2 nitrogen and oxygen atoms in total. The minimum atomic E-state index is -1.78. The maximum absolute atomic E-state index is 6.45. The fraction of sp³-hybridized carbons (Fsp3) is 0.895. The van der Waals surface area contributed by atoms with Gasteiger partial charge < -0.3 is 9.16 Å². The lowest BCUT2D eigenvalue weighted by Crippen LogP contribution is -2.45. The van der Waals surface area contributed by atoms with Gasteiger partial charge in [0.25, 0.3) is 0 Å². The van der Waals surface area contributed by atoms with Gasteiger partial charge in [-0.25, -0.2) is 0 Å². The van der Waals surface area contributed by atoms with Crippen LogP contribution in [0.3, 0.4) is 0 Å². The van der Waals surface area contributed by atoms with Gasteiger partial charge in [-0.3, -0.25) is 0 Å². The van der Waals surface area contributed by atoms with Crippen molar-refractivity contribution in [2.75, 3.05) is 4.43 Å². The third kappa shape index (κ3) is 10.2. The minimum absolute atomic E-state index is 0.0895. The van der Waals surface area contributed by atoms with E-state index in [1.165, 1.54) is 32.1 Å². The number of alkyl halides is 1. The van der Waals surface area contributed by atoms with Gasteiger partial charge in [-0.05, 0) is 31.5 Å². The summed E-state index contributed by atoms with van der Waals surface area (Å²) in [5, 5.41) is 0.219. The molecule has 0 aromatic rings. The maximum Gasteiger partial charge on any atom is 0.195 e. The van der Waals surface area contributed by atoms with Crippen LogP contribution in [0.15, 0.2) is 12.2 Å². The number of unbranched alkanes of at least 4 members (excludes halogenated alkanes) is 4. The van der Waals surface area contributed by atoms with Gasteiger partial charge in [0, 0.05) is 4.43 Å². The average Bonchev–Trinajstić information content (AvgIpc) is 2.44. The second kappa shape index (κ2) is 12.0. The molecule has 0 bridgehead atoms. The molecular weight excluding hydrogens is 415 g/mol. The standard InChI is InChI=1S/C19H39IO2Si/c1-8-10-11-12-13-15-17(14-9-2)21-18(16-20)22-23(6,7)19(3,4)5/h9,14,17-18H,8,10-13,15-16H2,1-7H3/b14-9+/t17?,18-/m0/s1. The molecule has 0 rings (SSSR count). The van der Waals surface area contributed by atoms with E-state index in [-0.39, 0.29) is 17.4 Å². The van der Waals surface area contributed by atoms with Crippen molar-refractivity contribution in [2.24, 2.45) is 0 Å². The Bertz CT molecular complexity index is 324. The van der Waals surface area contributed by atoms with Crippen LogP contribution in [0.25, 0.3) is 0 Å². The second-order valence-corrected chi connectivity index (χ2v) is 13.5. The molecule has 0 saturated carbocycles. The van der Waals surface area contributed by atoms with Crippen molar-refractivity contribution in [2.45, 2.75) is 104 Å². The molecule has 0 spiro atoms. The fourth-order valence-electron chi connectivity index (χ4n) is 2.17. The molecule has 0 N–H and O–H groups in total. The topological polar surface area (TPSA) is 18.5 Å². The Kier molecular flexibility index (Phi) is 12.4. The van der Waals surface area contributed by atoms with E-state index in [2.05, 4.69) is 82.5 Å². The zero-order valence-corrected chi connectivity index (χ0v) is 19.6. The van der Waals surface area contributed by atoms with Crippen LogP contribution in [0.4, 0.5) is 0 Å². The third-order valence-corrected chi connectivity index (χ3v) is 9.87. The molecule has 0 aliphatic carbocycles. The summed E-state index contributed by atoms with van der Waals surface area (Å²) >= 11 is 2.38. The highest BCUT2D eigenvalue weighted by Crippen LogP contribution is 2.37. The number of halogens is 1. The van der Waals surface area contributed by atoms with Crippen molar-refractivity contribution in [1.29, 1.82) is 0 Å². The van der Waals surface area contributed by atoms with E-state index in [1.54, 1.807) is 0 Å². The number of allylic oxidation sites excluding steroid dienone is 1. The highest BCUT2D eigenvalue weighted by molar-refractivity contribution is 14.1. The van der Waals surface area contributed by atoms with Crippen LogP contribution in [-0.2, 0) is 9.16 Å². The van der Waals surface area contributed by atoms with E-state index in [1.807, 2.05) is 0 Å². The molecule has 138 valence electrons. The summed E-state index contributed by atoms with van der Waals surface area (Å²) in [6, 6.07) is 0. The third-order valence-electron chi connectivity index (χ3n) is 4.68. The number of hydrogen-bond acceptors (Lipinski definition) is 2. The molecule has 0 fully saturated rings. The summed E-state index contributed by atoms with van der Waals surface area (Å²) in [6.45, 7) is 15.8. The van der Waals surface area contributed by atoms with E-state index in [0.717, 1.165) is 10.8 Å². The zero-order valence-electron chi connectivity index (χ0n) is 16.5. The van der Waals surface area contributed by atoms with Gasteiger partial charge in [-0.1, -0.05) is 94.5 Å². The fourth-order valence-corrected chi connectivity index (χ4v) is 4.05. The smallest absolute Gasteiger partial charge is 0.195 e. The van der Waals surface area contributed by atoms with Crippen LogP contribution in [0.2, 0.25) is 18.1 Å². The van der Waals surface area contributed by atoms with E-state index in [9.17, 15) is 0 Å². The summed E-state index contributed by atoms with van der Waals surface area (Å²) in [5.41, 5.74) is 0. The molecule has 2 atom stereocenters. The van der Waals surface area contributed by atoms with Crippen LogP contribution in [0.5, 0.6) is 0 Å². The molecule has 0 heterocycles. The Morgan fingerprint density at radius 1 is 1.09 bits per heavy atom. The normalized spacial score (nSPS) is 16.0. The van der Waals surface area contributed by atoms with E-state index in [0.29, 0.717) is 0 Å². The quantitative estimate of drug-likeness (QED) is 0.0783. The number of hydrogen-bond donors (Lipinski definition) is 0. The maximum atomic E-state index is 6.45. The first-order chi connectivity index (χ1) is 10.7. The second-order valence-electron chi connectivity index (χ2n) is 7.87. The van der Waals surface area contributed by atoms with Gasteiger partial charge in [0.2, 0.25) is 0 Å². The lowest BCUT2D eigenvalue weighted by Gasteiger charge is -2.39. The first-order valence-electron chi connectivity index (χ1n) is 9.20. The lowest BCUT2D eigenvalue weighted by atomic mass is 10.1. The van der Waals surface area contributed by atoms with Crippen LogP contribution in [-0.4, -0.2) is 25.1 Å². The highest BCUT2D eigenvalue weighted by atomic mass is 127. The van der Waals surface area contributed by atoms with Gasteiger partial charge >= 0.3 is 0 Å². The molecule has 0 aromatic heterocycles. The molecule has 0 saturated heterocycles. The minimum Gasteiger partial charge on any atom is -0.392 e. The SMILES string of the molecule is C/C=C/C(CCCCCCC)O[C@H](CI)O[Si](C)(C)C(C)(C)C. The Balaban J connectivity index is 4.51. The molecule has 1 unspecified atom stereocenters. The predicted octanol–water partition coefficient (Wildman–Crippen LogP) is 7.09. The lowest BCUT2D eigenvalue weighted by molar-refractivity contribution is -0.0965. The largest absolute Gasteiger partial charge is 0.392 e. The molecule has 0 radical (unpaired) electrons. The van der Waals surface area contributed by atoms with Crippen LogP contribution in [0.1, 0.15) is 73.1 Å². The van der Waals surface area contributed by atoms with Crippen molar-refractivity contribution in [3.05, 3.63) is 12.2 Å². The molecule has 4 heteroatoms. The first kappa shape index (κ1) is 23.6. The number of rotatable bonds is 12. The Labute approximate surface area is 160 Å². The monoisotopic (exact) mass is 454 g/mol. The Morgan fingerprint density at radius 2 is 1.70 bits per heavy atom. The van der Waals surface area contributed by atoms with E-state index >= 15 is 0 Å². The first-order valence-corrected chi connectivity index (χ1v) is 13.6. The van der Waals surface area contributed by atoms with Crippen LogP contribution < -0.4 is 0 Å². The predicted molar refractivity (Wildman–Crippen MR) is 114 cm³/mol. The van der Waals surface area contributed by atoms with Gasteiger partial charge in [0.15, 0.2) is 14.6 Å². The molecular formula is C19H39IO2Si. The van der Waals surface area contributed by atoms with E-state index < -0.39 is 8.32 Å². The van der Waals surface area contributed by atoms with Gasteiger partial charge in [0.1, 0.15) is 0 Å². The van der Waals surface area contributed by atoms with Gasteiger partial charge in [0.05, 0.1) is 6.10 Å². The average molecular weight is 455 g/mol. The van der Waals surface area contributed by atoms with Crippen molar-refractivity contribution < 1.29 is 9.16 Å². The van der Waals surface area contributed by atoms with Crippen molar-refractivity contribution in [3.8, 4) is 0 Å². The summed E-state index contributed by atoms with van der Waals surface area (Å²) in [5.74, 6) is 0. The van der Waals surface area contributed by atoms with Crippen LogP contribution in [0, 0.1) is 0 Å². The zero-order chi connectivity index (χ0) is 17.9. The summed E-state index contributed by atoms with van der Waals surface area (Å²) in [6.07, 6.45) is 12.0. The van der Waals surface area contributed by atoms with Gasteiger partial charge in [-0.2, -0.15) is 0 Å². The van der Waals surface area contributed by atoms with Crippen molar-refractivity contribution in [3.63, 3.8) is 0 Å². The summed E-state index contributed by atoms with van der Waals surface area (Å²) in [7, 11) is -1.78. The number of ether oxygens (including phenoxy) is 1. The molecule has 0 amide bonds. The molecule has 0 aromatic carbocycles. The molecule has 23 heavy (non-hydrogen) atoms. The molecule has 0 aliphatic heterocycles. The summed E-state index contributed by atoms with van der Waals surface area (Å²) < 4.78 is 13.6. The van der Waals surface area contributed by atoms with Crippen LogP contribution >= 0.6 is 22.6 Å². The molecule has 0 aliphatic rings. The van der Waals surface area contributed by atoms with Crippen molar-refractivity contribution >= 4 is 30.9 Å². The van der Waals surface area contributed by atoms with Crippen molar-refractivity contribution in [1.82, 2.24) is 0 Å². The van der Waals surface area contributed by atoms with Gasteiger partial charge in [-0.15, -0.1) is 0 Å². The summed E-state index contributed by atoms with van der Waals surface area (Å²) in [4.78, 5) is 0. The van der Waals surface area contributed by atoms with E-state index in [4.69, 9.17) is 9.16 Å².